The molecule has 0 atom stereocenters. The van der Waals surface area contributed by atoms with E-state index in [2.05, 4.69) is 11.1 Å². The summed E-state index contributed by atoms with van der Waals surface area (Å²) in [5.41, 5.74) is 5.87. The maximum atomic E-state index is 9.00. The summed E-state index contributed by atoms with van der Waals surface area (Å²) in [6.45, 7) is 0. The Kier molecular flexibility index (Phi) is 4.08. The Morgan fingerprint density at radius 2 is 1.28 bits per heavy atom. The fourth-order valence-corrected chi connectivity index (χ4v) is 3.26. The van der Waals surface area contributed by atoms with Gasteiger partial charge in [-0.1, -0.05) is 72.8 Å². The van der Waals surface area contributed by atoms with E-state index in [0.29, 0.717) is 11.3 Å². The van der Waals surface area contributed by atoms with Crippen molar-refractivity contribution in [1.29, 1.82) is 5.26 Å². The third-order valence-electron chi connectivity index (χ3n) is 4.72. The van der Waals surface area contributed by atoms with Crippen molar-refractivity contribution >= 4 is 5.78 Å². The first-order valence-electron chi connectivity index (χ1n) is 9.20. The summed E-state index contributed by atoms with van der Waals surface area (Å²) in [6, 6.07) is 29.5. The number of benzene rings is 3. The summed E-state index contributed by atoms with van der Waals surface area (Å²) < 4.78 is 1.71. The van der Waals surface area contributed by atoms with E-state index in [1.165, 1.54) is 0 Å². The van der Waals surface area contributed by atoms with E-state index in [0.717, 1.165) is 33.8 Å². The lowest BCUT2D eigenvalue weighted by Gasteiger charge is -2.08. The van der Waals surface area contributed by atoms with E-state index in [9.17, 15) is 0 Å². The molecule has 0 amide bonds. The summed E-state index contributed by atoms with van der Waals surface area (Å²) in [6.07, 6.45) is 1.87. The molecule has 0 saturated heterocycles. The van der Waals surface area contributed by atoms with Gasteiger partial charge in [0, 0.05) is 16.7 Å². The molecule has 0 aliphatic rings. The molecule has 0 unspecified atom stereocenters. The molecule has 0 fully saturated rings. The van der Waals surface area contributed by atoms with Crippen LogP contribution in [0, 0.1) is 11.3 Å². The number of nitriles is 1. The van der Waals surface area contributed by atoms with E-state index in [1.807, 2.05) is 79.0 Å². The molecule has 29 heavy (non-hydrogen) atoms. The second kappa shape index (κ2) is 7.02. The number of hydrogen-bond donors (Lipinski definition) is 0. The molecular formula is C24H15N5. The Hall–Kier alpha value is -4.30. The van der Waals surface area contributed by atoms with Crippen LogP contribution < -0.4 is 0 Å². The Bertz CT molecular complexity index is 1260. The highest BCUT2D eigenvalue weighted by atomic mass is 15.3. The quantitative estimate of drug-likeness (QED) is 0.446. The van der Waals surface area contributed by atoms with E-state index >= 15 is 0 Å². The molecule has 5 aromatic rings. The number of hydrogen-bond acceptors (Lipinski definition) is 4. The highest BCUT2D eigenvalue weighted by Gasteiger charge is 2.15. The molecule has 2 aromatic heterocycles. The molecule has 5 rings (SSSR count). The zero-order valence-electron chi connectivity index (χ0n) is 15.4. The molecule has 0 bridgehead atoms. The van der Waals surface area contributed by atoms with Crippen LogP contribution in [-0.2, 0) is 0 Å². The molecule has 5 heteroatoms. The van der Waals surface area contributed by atoms with Crippen LogP contribution in [0.1, 0.15) is 5.56 Å². The van der Waals surface area contributed by atoms with Gasteiger partial charge in [0.05, 0.1) is 23.5 Å². The minimum absolute atomic E-state index is 0.530. The number of aromatic nitrogens is 4. The summed E-state index contributed by atoms with van der Waals surface area (Å²) in [4.78, 5) is 9.50. The fourth-order valence-electron chi connectivity index (χ4n) is 3.26. The first-order valence-corrected chi connectivity index (χ1v) is 9.20. The highest BCUT2D eigenvalue weighted by Crippen LogP contribution is 2.29. The minimum atomic E-state index is 0.530. The maximum absolute atomic E-state index is 9.00. The molecule has 0 aliphatic heterocycles. The van der Waals surface area contributed by atoms with Crippen molar-refractivity contribution in [2.45, 2.75) is 0 Å². The normalized spacial score (nSPS) is 10.7. The Balaban J connectivity index is 1.71. The van der Waals surface area contributed by atoms with Gasteiger partial charge < -0.3 is 0 Å². The lowest BCUT2D eigenvalue weighted by molar-refractivity contribution is 0.912. The van der Waals surface area contributed by atoms with Gasteiger partial charge in [0.25, 0.3) is 5.78 Å². The van der Waals surface area contributed by atoms with Crippen LogP contribution in [0.5, 0.6) is 0 Å². The van der Waals surface area contributed by atoms with Gasteiger partial charge in [0.2, 0.25) is 0 Å². The monoisotopic (exact) mass is 373 g/mol. The zero-order chi connectivity index (χ0) is 19.6. The molecule has 5 nitrogen and oxygen atoms in total. The van der Waals surface area contributed by atoms with Gasteiger partial charge >= 0.3 is 0 Å². The summed E-state index contributed by atoms with van der Waals surface area (Å²) in [5.74, 6) is 0.530. The largest absolute Gasteiger partial charge is 0.251 e. The van der Waals surface area contributed by atoms with Gasteiger partial charge in [0.15, 0.2) is 0 Å². The van der Waals surface area contributed by atoms with Crippen LogP contribution in [0.25, 0.3) is 39.5 Å². The van der Waals surface area contributed by atoms with Crippen LogP contribution >= 0.6 is 0 Å². The lowest BCUT2D eigenvalue weighted by atomic mass is 10.0. The third-order valence-corrected chi connectivity index (χ3v) is 4.72. The van der Waals surface area contributed by atoms with Crippen molar-refractivity contribution < 1.29 is 0 Å². The van der Waals surface area contributed by atoms with Crippen molar-refractivity contribution in [2.75, 3.05) is 0 Å². The second-order valence-electron chi connectivity index (χ2n) is 6.60. The average Bonchev–Trinajstić information content (AvgIpc) is 3.22. The van der Waals surface area contributed by atoms with Gasteiger partial charge in [-0.25, -0.2) is 14.5 Å². The molecule has 0 aliphatic carbocycles. The lowest BCUT2D eigenvalue weighted by Crippen LogP contribution is -2.00. The van der Waals surface area contributed by atoms with Gasteiger partial charge in [-0.3, -0.25) is 0 Å². The summed E-state index contributed by atoms with van der Waals surface area (Å²) >= 11 is 0. The van der Waals surface area contributed by atoms with Crippen molar-refractivity contribution in [3.05, 3.63) is 96.7 Å². The van der Waals surface area contributed by atoms with E-state index < -0.39 is 0 Å². The third kappa shape index (κ3) is 3.13. The molecular weight excluding hydrogens is 358 g/mol. The Labute approximate surface area is 167 Å². The molecule has 2 heterocycles. The van der Waals surface area contributed by atoms with Crippen LogP contribution in [0.15, 0.2) is 91.1 Å². The van der Waals surface area contributed by atoms with Crippen LogP contribution in [-0.4, -0.2) is 19.6 Å². The van der Waals surface area contributed by atoms with Crippen molar-refractivity contribution in [1.82, 2.24) is 19.6 Å². The Morgan fingerprint density at radius 3 is 1.90 bits per heavy atom. The molecule has 0 saturated carbocycles. The van der Waals surface area contributed by atoms with Crippen LogP contribution in [0.2, 0.25) is 0 Å². The van der Waals surface area contributed by atoms with E-state index in [1.54, 1.807) is 16.6 Å². The predicted octanol–water partition coefficient (Wildman–Crippen LogP) is 5.00. The molecule has 0 spiro atoms. The van der Waals surface area contributed by atoms with Gasteiger partial charge in [0.1, 0.15) is 11.4 Å². The molecule has 3 aromatic carbocycles. The van der Waals surface area contributed by atoms with Crippen LogP contribution in [0.4, 0.5) is 0 Å². The van der Waals surface area contributed by atoms with Gasteiger partial charge in [-0.2, -0.15) is 10.4 Å². The van der Waals surface area contributed by atoms with E-state index in [-0.39, 0.29) is 0 Å². The number of fused-ring (bicyclic) bond motifs is 1. The number of rotatable bonds is 3. The van der Waals surface area contributed by atoms with Crippen LogP contribution in [0.3, 0.4) is 0 Å². The second-order valence-corrected chi connectivity index (χ2v) is 6.60. The highest BCUT2D eigenvalue weighted by molar-refractivity contribution is 5.78. The van der Waals surface area contributed by atoms with Gasteiger partial charge in [-0.15, -0.1) is 0 Å². The predicted molar refractivity (Wildman–Crippen MR) is 112 cm³/mol. The van der Waals surface area contributed by atoms with Crippen molar-refractivity contribution in [3.63, 3.8) is 0 Å². The standard InChI is InChI=1S/C24H15N5/c25-15-17-11-13-18(14-12-17)21-16-29-24(26-21)27-22(19-7-3-1-4-8-19)23(28-29)20-9-5-2-6-10-20/h1-14,16H. The average molecular weight is 373 g/mol. The minimum Gasteiger partial charge on any atom is -0.209 e. The molecule has 0 radical (unpaired) electrons. The smallest absolute Gasteiger partial charge is 0.209 e. The zero-order valence-corrected chi connectivity index (χ0v) is 15.4. The summed E-state index contributed by atoms with van der Waals surface area (Å²) in [5, 5.41) is 13.8. The van der Waals surface area contributed by atoms with Crippen molar-refractivity contribution in [2.24, 2.45) is 0 Å². The number of nitrogens with zero attached hydrogens (tertiary/aromatic N) is 5. The molecule has 136 valence electrons. The summed E-state index contributed by atoms with van der Waals surface area (Å²) in [7, 11) is 0. The van der Waals surface area contributed by atoms with E-state index in [4.69, 9.17) is 15.3 Å². The topological polar surface area (TPSA) is 66.9 Å². The first kappa shape index (κ1) is 16.8. The number of imidazole rings is 1. The molecule has 0 N–H and O–H groups in total. The Morgan fingerprint density at radius 1 is 0.655 bits per heavy atom. The van der Waals surface area contributed by atoms with Crippen molar-refractivity contribution in [3.8, 4) is 39.8 Å². The SMILES string of the molecule is N#Cc1ccc(-c2cn3nc(-c4ccccc4)c(-c4ccccc4)nc3n2)cc1. The fraction of sp³-hybridized carbons (Fsp3) is 0. The first-order chi connectivity index (χ1) is 14.3. The van der Waals surface area contributed by atoms with Gasteiger partial charge in [-0.05, 0) is 12.1 Å². The maximum Gasteiger partial charge on any atom is 0.251 e.